The highest BCUT2D eigenvalue weighted by Gasteiger charge is 2.52. The van der Waals surface area contributed by atoms with Gasteiger partial charge in [0, 0.05) is 16.7 Å². The highest BCUT2D eigenvalue weighted by atomic mass is 16.4. The summed E-state index contributed by atoms with van der Waals surface area (Å²) in [5.74, 6) is 0.157. The molecule has 4 rings (SSSR count). The number of hydrogen-bond donors (Lipinski definition) is 3. The van der Waals surface area contributed by atoms with E-state index in [0.717, 1.165) is 17.8 Å². The number of rotatable bonds is 4. The van der Waals surface area contributed by atoms with E-state index in [2.05, 4.69) is 13.5 Å². The van der Waals surface area contributed by atoms with Gasteiger partial charge in [-0.25, -0.2) is 14.4 Å². The third-order valence-corrected chi connectivity index (χ3v) is 6.85. The molecular weight excluding hydrogens is 384 g/mol. The fraction of sp³-hybridized carbons (Fsp3) is 0.625. The molecule has 0 spiro atoms. The maximum atomic E-state index is 11.2. The van der Waals surface area contributed by atoms with Crippen molar-refractivity contribution in [2.75, 3.05) is 0 Å². The van der Waals surface area contributed by atoms with Gasteiger partial charge in [0.2, 0.25) is 0 Å². The van der Waals surface area contributed by atoms with Crippen molar-refractivity contribution in [2.45, 2.75) is 73.1 Å². The topological polar surface area (TPSA) is 112 Å². The van der Waals surface area contributed by atoms with E-state index in [0.29, 0.717) is 11.1 Å². The zero-order chi connectivity index (χ0) is 23.2. The second-order valence-corrected chi connectivity index (χ2v) is 9.12. The lowest BCUT2D eigenvalue weighted by Gasteiger charge is -2.57. The standard InChI is InChI=1S/C15H22O2.C5H8O2.C4H6O2/c1-9(14(16)17)10(2)15-6-11-3-12(7-15)5-13(4-11)8-15;1-3-4(2)5(6)7;1-3(2)4(5)6/h11-13H,3-8H2,1-2H3,(H,16,17);3H,1-2H3,(H,6,7);1H2,2H3,(H,5,6). The Labute approximate surface area is 179 Å². The van der Waals surface area contributed by atoms with Crippen LogP contribution in [-0.2, 0) is 14.4 Å². The van der Waals surface area contributed by atoms with Crippen molar-refractivity contribution in [3.05, 3.63) is 34.9 Å². The molecule has 0 unspecified atom stereocenters. The molecule has 0 heterocycles. The average Bonchev–Trinajstić information content (AvgIpc) is 2.65. The second kappa shape index (κ2) is 10.6. The molecule has 0 radical (unpaired) electrons. The SMILES string of the molecule is C=C(C)C(=O)O.CC(C(=O)O)=C(C)C12CC3CC(CC(C3)C1)C2.CC=C(C)C(=O)O. The van der Waals surface area contributed by atoms with E-state index in [1.54, 1.807) is 26.8 Å². The molecule has 6 nitrogen and oxygen atoms in total. The van der Waals surface area contributed by atoms with Crippen LogP contribution in [-0.4, -0.2) is 33.2 Å². The highest BCUT2D eigenvalue weighted by molar-refractivity contribution is 5.87. The van der Waals surface area contributed by atoms with Crippen molar-refractivity contribution >= 4 is 17.9 Å². The smallest absolute Gasteiger partial charge is 0.331 e. The Hall–Kier alpha value is -2.37. The lowest BCUT2D eigenvalue weighted by atomic mass is 9.47. The maximum Gasteiger partial charge on any atom is 0.331 e. The van der Waals surface area contributed by atoms with Gasteiger partial charge in [-0.15, -0.1) is 0 Å². The van der Waals surface area contributed by atoms with Crippen molar-refractivity contribution in [1.82, 2.24) is 0 Å². The molecule has 0 aromatic carbocycles. The fourth-order valence-electron chi connectivity index (χ4n) is 5.25. The summed E-state index contributed by atoms with van der Waals surface area (Å²) >= 11 is 0. The molecule has 6 heteroatoms. The highest BCUT2D eigenvalue weighted by Crippen LogP contribution is 2.62. The largest absolute Gasteiger partial charge is 0.478 e. The maximum absolute atomic E-state index is 11.2. The van der Waals surface area contributed by atoms with Crippen molar-refractivity contribution in [2.24, 2.45) is 23.2 Å². The minimum absolute atomic E-state index is 0.176. The van der Waals surface area contributed by atoms with Crippen LogP contribution in [0.5, 0.6) is 0 Å². The van der Waals surface area contributed by atoms with Gasteiger partial charge in [0.15, 0.2) is 0 Å². The van der Waals surface area contributed by atoms with Gasteiger partial charge in [-0.1, -0.05) is 18.2 Å². The minimum atomic E-state index is -0.935. The molecule has 0 saturated heterocycles. The molecule has 4 bridgehead atoms. The number of allylic oxidation sites excluding steroid dienone is 2. The molecule has 0 aromatic rings. The van der Waals surface area contributed by atoms with Gasteiger partial charge in [-0.05, 0) is 96.3 Å². The Bertz CT molecular complexity index is 708. The van der Waals surface area contributed by atoms with Crippen LogP contribution in [0.25, 0.3) is 0 Å². The first-order valence-electron chi connectivity index (χ1n) is 10.5. The van der Waals surface area contributed by atoms with Crippen LogP contribution in [0.15, 0.2) is 34.9 Å². The molecule has 4 fully saturated rings. The van der Waals surface area contributed by atoms with Gasteiger partial charge < -0.3 is 15.3 Å². The number of carbonyl (C=O) groups is 3. The van der Waals surface area contributed by atoms with Gasteiger partial charge in [0.1, 0.15) is 0 Å². The Morgan fingerprint density at radius 2 is 1.17 bits per heavy atom. The van der Waals surface area contributed by atoms with Crippen LogP contribution in [0.3, 0.4) is 0 Å². The fourth-order valence-corrected chi connectivity index (χ4v) is 5.25. The third-order valence-electron chi connectivity index (χ3n) is 6.85. The zero-order valence-electron chi connectivity index (χ0n) is 18.8. The van der Waals surface area contributed by atoms with Gasteiger partial charge in [-0.2, -0.15) is 0 Å². The number of hydrogen-bond acceptors (Lipinski definition) is 3. The van der Waals surface area contributed by atoms with Crippen molar-refractivity contribution in [3.63, 3.8) is 0 Å². The number of carboxylic acid groups (broad SMARTS) is 3. The van der Waals surface area contributed by atoms with Gasteiger partial charge in [-0.3, -0.25) is 0 Å². The van der Waals surface area contributed by atoms with E-state index in [9.17, 15) is 19.5 Å². The third kappa shape index (κ3) is 6.57. The molecule has 3 N–H and O–H groups in total. The van der Waals surface area contributed by atoms with Crippen molar-refractivity contribution < 1.29 is 29.7 Å². The molecule has 0 atom stereocenters. The summed E-state index contributed by atoms with van der Waals surface area (Å²) in [5, 5.41) is 25.2. The Kier molecular flexibility index (Phi) is 9.07. The summed E-state index contributed by atoms with van der Waals surface area (Å²) in [6.07, 6.45) is 9.58. The van der Waals surface area contributed by atoms with E-state index in [1.807, 2.05) is 0 Å². The zero-order valence-corrected chi connectivity index (χ0v) is 18.8. The van der Waals surface area contributed by atoms with Crippen LogP contribution in [0.2, 0.25) is 0 Å². The number of carboxylic acids is 3. The first kappa shape index (κ1) is 25.7. The molecule has 0 aromatic heterocycles. The lowest BCUT2D eigenvalue weighted by Crippen LogP contribution is -2.47. The second-order valence-electron chi connectivity index (χ2n) is 9.12. The van der Waals surface area contributed by atoms with Gasteiger partial charge >= 0.3 is 17.9 Å². The van der Waals surface area contributed by atoms with Crippen molar-refractivity contribution in [3.8, 4) is 0 Å². The van der Waals surface area contributed by atoms with E-state index < -0.39 is 17.9 Å². The quantitative estimate of drug-likeness (QED) is 0.532. The monoisotopic (exact) mass is 420 g/mol. The Balaban J connectivity index is 0.000000290. The summed E-state index contributed by atoms with van der Waals surface area (Å²) in [7, 11) is 0. The van der Waals surface area contributed by atoms with Gasteiger partial charge in [0.25, 0.3) is 0 Å². The normalized spacial score (nSPS) is 29.5. The lowest BCUT2D eigenvalue weighted by molar-refractivity contribution is -0.133. The van der Waals surface area contributed by atoms with Gasteiger partial charge in [0.05, 0.1) is 0 Å². The molecule has 30 heavy (non-hydrogen) atoms. The molecule has 4 saturated carbocycles. The molecule has 168 valence electrons. The summed E-state index contributed by atoms with van der Waals surface area (Å²) in [6, 6.07) is 0. The first-order valence-corrected chi connectivity index (χ1v) is 10.5. The van der Waals surface area contributed by atoms with Crippen molar-refractivity contribution in [1.29, 1.82) is 0 Å². The van der Waals surface area contributed by atoms with E-state index in [-0.39, 0.29) is 11.0 Å². The molecular formula is C24H36O6. The average molecular weight is 421 g/mol. The van der Waals surface area contributed by atoms with Crippen LogP contribution in [0.4, 0.5) is 0 Å². The Morgan fingerprint density at radius 1 is 0.800 bits per heavy atom. The molecule has 0 aliphatic heterocycles. The van der Waals surface area contributed by atoms with E-state index >= 15 is 0 Å². The van der Waals surface area contributed by atoms with Crippen LogP contribution in [0, 0.1) is 23.2 Å². The van der Waals surface area contributed by atoms with Crippen LogP contribution >= 0.6 is 0 Å². The predicted molar refractivity (Wildman–Crippen MR) is 116 cm³/mol. The molecule has 0 amide bonds. The van der Waals surface area contributed by atoms with Crippen LogP contribution in [0.1, 0.15) is 73.1 Å². The van der Waals surface area contributed by atoms with E-state index in [4.69, 9.17) is 10.2 Å². The Morgan fingerprint density at radius 3 is 1.37 bits per heavy atom. The number of aliphatic carboxylic acids is 3. The predicted octanol–water partition coefficient (Wildman–Crippen LogP) is 5.31. The summed E-state index contributed by atoms with van der Waals surface area (Å²) in [5.41, 5.74) is 2.61. The van der Waals surface area contributed by atoms with E-state index in [1.165, 1.54) is 51.0 Å². The van der Waals surface area contributed by atoms with Crippen LogP contribution < -0.4 is 0 Å². The summed E-state index contributed by atoms with van der Waals surface area (Å²) in [6.45, 7) is 11.7. The minimum Gasteiger partial charge on any atom is -0.478 e. The molecule has 4 aliphatic carbocycles. The molecule has 4 aliphatic rings. The first-order chi connectivity index (χ1) is 13.8. The summed E-state index contributed by atoms with van der Waals surface area (Å²) < 4.78 is 0. The summed E-state index contributed by atoms with van der Waals surface area (Å²) in [4.78, 5) is 30.6.